The molecule has 0 amide bonds. The molecule has 1 heterocycles. The van der Waals surface area contributed by atoms with Crippen molar-refractivity contribution in [1.82, 2.24) is 0 Å². The van der Waals surface area contributed by atoms with Crippen molar-refractivity contribution in [3.05, 3.63) is 12.2 Å². The van der Waals surface area contributed by atoms with Crippen LogP contribution in [0.25, 0.3) is 0 Å². The molecule has 5 nitrogen and oxygen atoms in total. The molecule has 5 heteroatoms. The molecule has 0 aromatic heterocycles. The van der Waals surface area contributed by atoms with Crippen LogP contribution < -0.4 is 0 Å². The monoisotopic (exact) mass is 442 g/mol. The van der Waals surface area contributed by atoms with Crippen LogP contribution >= 0.6 is 0 Å². The lowest BCUT2D eigenvalue weighted by molar-refractivity contribution is -0.0813. The predicted molar refractivity (Wildman–Crippen MR) is 127 cm³/mol. The first-order valence-electron chi connectivity index (χ1n) is 13.0. The standard InChI is InChI=1S/C26H50O5/c1-2-3-4-5-6-7-8-9-10-11-12-13-14-15-16-17-18-19-20-30-21-24(28)26-25(29)23(27)22-31-26/h12-13,23-29H,2-11,14-22H2,1H3/b13-12+/t23-,24+,25+,26+/m1/s1. The second kappa shape index (κ2) is 20.2. The van der Waals surface area contributed by atoms with E-state index < -0.39 is 24.4 Å². The highest BCUT2D eigenvalue weighted by Crippen LogP contribution is 2.18. The molecular formula is C26H50O5. The fourth-order valence-corrected chi connectivity index (χ4v) is 4.07. The van der Waals surface area contributed by atoms with E-state index in [-0.39, 0.29) is 13.2 Å². The number of hydrogen-bond acceptors (Lipinski definition) is 5. The summed E-state index contributed by atoms with van der Waals surface area (Å²) in [7, 11) is 0. The Bertz CT molecular complexity index is 415. The quantitative estimate of drug-likeness (QED) is 0.166. The number of ether oxygens (including phenoxy) is 2. The molecule has 0 aliphatic carbocycles. The number of aliphatic hydroxyl groups is 3. The normalized spacial score (nSPS) is 22.5. The highest BCUT2D eigenvalue weighted by Gasteiger charge is 2.39. The van der Waals surface area contributed by atoms with Crippen LogP contribution in [0.15, 0.2) is 12.2 Å². The molecule has 1 saturated heterocycles. The maximum Gasteiger partial charge on any atom is 0.114 e. The van der Waals surface area contributed by atoms with E-state index in [1.807, 2.05) is 0 Å². The van der Waals surface area contributed by atoms with E-state index in [4.69, 9.17) is 9.47 Å². The molecule has 0 bridgehead atoms. The average Bonchev–Trinajstić information content (AvgIpc) is 3.10. The highest BCUT2D eigenvalue weighted by atomic mass is 16.5. The molecule has 0 aromatic carbocycles. The first-order chi connectivity index (χ1) is 15.2. The van der Waals surface area contributed by atoms with Gasteiger partial charge in [0.15, 0.2) is 0 Å². The van der Waals surface area contributed by atoms with Crippen LogP contribution in [-0.4, -0.2) is 59.6 Å². The van der Waals surface area contributed by atoms with Crippen LogP contribution in [0.3, 0.4) is 0 Å². The summed E-state index contributed by atoms with van der Waals surface area (Å²) in [6, 6.07) is 0. The van der Waals surface area contributed by atoms with Crippen molar-refractivity contribution >= 4 is 0 Å². The van der Waals surface area contributed by atoms with Gasteiger partial charge >= 0.3 is 0 Å². The summed E-state index contributed by atoms with van der Waals surface area (Å²) in [5, 5.41) is 29.1. The Morgan fingerprint density at radius 2 is 1.32 bits per heavy atom. The minimum absolute atomic E-state index is 0.0668. The van der Waals surface area contributed by atoms with E-state index in [2.05, 4.69) is 19.1 Å². The van der Waals surface area contributed by atoms with Gasteiger partial charge < -0.3 is 24.8 Å². The van der Waals surface area contributed by atoms with Crippen molar-refractivity contribution < 1.29 is 24.8 Å². The van der Waals surface area contributed by atoms with Gasteiger partial charge in [0.2, 0.25) is 0 Å². The van der Waals surface area contributed by atoms with Crippen LogP contribution in [-0.2, 0) is 9.47 Å². The summed E-state index contributed by atoms with van der Waals surface area (Å²) in [6.07, 6.45) is 22.0. The topological polar surface area (TPSA) is 79.2 Å². The lowest BCUT2D eigenvalue weighted by Gasteiger charge is -2.20. The summed E-state index contributed by atoms with van der Waals surface area (Å²) in [5.74, 6) is 0. The minimum Gasteiger partial charge on any atom is -0.388 e. The molecule has 1 fully saturated rings. The molecule has 0 aromatic rings. The number of rotatable bonds is 21. The maximum atomic E-state index is 9.96. The second-order valence-electron chi connectivity index (χ2n) is 9.14. The van der Waals surface area contributed by atoms with Crippen LogP contribution in [0, 0.1) is 0 Å². The minimum atomic E-state index is -1.03. The van der Waals surface area contributed by atoms with E-state index in [1.165, 1.54) is 89.9 Å². The Hall–Kier alpha value is -0.460. The molecule has 31 heavy (non-hydrogen) atoms. The summed E-state index contributed by atoms with van der Waals surface area (Å²) in [5.41, 5.74) is 0. The van der Waals surface area contributed by atoms with Crippen LogP contribution in [0.1, 0.15) is 110 Å². The average molecular weight is 443 g/mol. The Kier molecular flexibility index (Phi) is 18.6. The molecule has 0 unspecified atom stereocenters. The van der Waals surface area contributed by atoms with Gasteiger partial charge in [-0.25, -0.2) is 0 Å². The van der Waals surface area contributed by atoms with Gasteiger partial charge in [-0.3, -0.25) is 0 Å². The van der Waals surface area contributed by atoms with Gasteiger partial charge in [-0.05, 0) is 32.1 Å². The third kappa shape index (κ3) is 15.1. The van der Waals surface area contributed by atoms with Gasteiger partial charge in [0.25, 0.3) is 0 Å². The summed E-state index contributed by atoms with van der Waals surface area (Å²) < 4.78 is 10.7. The van der Waals surface area contributed by atoms with Gasteiger partial charge in [-0.15, -0.1) is 0 Å². The first-order valence-corrected chi connectivity index (χ1v) is 13.0. The van der Waals surface area contributed by atoms with E-state index in [9.17, 15) is 15.3 Å². The maximum absolute atomic E-state index is 9.96. The van der Waals surface area contributed by atoms with Crippen molar-refractivity contribution in [1.29, 1.82) is 0 Å². The highest BCUT2D eigenvalue weighted by molar-refractivity contribution is 4.87. The Balaban J connectivity index is 1.76. The van der Waals surface area contributed by atoms with Crippen molar-refractivity contribution in [2.24, 2.45) is 0 Å². The fourth-order valence-electron chi connectivity index (χ4n) is 4.07. The molecular weight excluding hydrogens is 392 g/mol. The van der Waals surface area contributed by atoms with Gasteiger partial charge in [0, 0.05) is 6.61 Å². The zero-order chi connectivity index (χ0) is 22.6. The first kappa shape index (κ1) is 28.6. The molecule has 1 rings (SSSR count). The molecule has 3 N–H and O–H groups in total. The lowest BCUT2D eigenvalue weighted by atomic mass is 10.1. The molecule has 184 valence electrons. The summed E-state index contributed by atoms with van der Waals surface area (Å²) in [6.45, 7) is 3.09. The second-order valence-corrected chi connectivity index (χ2v) is 9.14. The molecule has 0 spiro atoms. The van der Waals surface area contributed by atoms with Gasteiger partial charge in [0.1, 0.15) is 24.4 Å². The largest absolute Gasteiger partial charge is 0.388 e. The Morgan fingerprint density at radius 3 is 1.84 bits per heavy atom. The van der Waals surface area contributed by atoms with Gasteiger partial charge in [-0.2, -0.15) is 0 Å². The Morgan fingerprint density at radius 1 is 0.806 bits per heavy atom. The molecule has 1 aliphatic heterocycles. The zero-order valence-corrected chi connectivity index (χ0v) is 20.1. The number of aliphatic hydroxyl groups excluding tert-OH is 3. The lowest BCUT2D eigenvalue weighted by Crippen LogP contribution is -2.40. The molecule has 1 aliphatic rings. The van der Waals surface area contributed by atoms with E-state index in [0.717, 1.165) is 12.8 Å². The zero-order valence-electron chi connectivity index (χ0n) is 20.1. The molecule has 0 radical (unpaired) electrons. The van der Waals surface area contributed by atoms with Gasteiger partial charge in [-0.1, -0.05) is 89.7 Å². The van der Waals surface area contributed by atoms with Crippen molar-refractivity contribution in [3.63, 3.8) is 0 Å². The smallest absolute Gasteiger partial charge is 0.114 e. The summed E-state index contributed by atoms with van der Waals surface area (Å²) in [4.78, 5) is 0. The van der Waals surface area contributed by atoms with Crippen molar-refractivity contribution in [2.45, 2.75) is 134 Å². The van der Waals surface area contributed by atoms with Crippen molar-refractivity contribution in [3.8, 4) is 0 Å². The van der Waals surface area contributed by atoms with Crippen LogP contribution in [0.5, 0.6) is 0 Å². The van der Waals surface area contributed by atoms with E-state index in [0.29, 0.717) is 6.61 Å². The number of allylic oxidation sites excluding steroid dienone is 2. The fraction of sp³-hybridized carbons (Fsp3) is 0.923. The van der Waals surface area contributed by atoms with E-state index in [1.54, 1.807) is 0 Å². The summed E-state index contributed by atoms with van der Waals surface area (Å²) >= 11 is 0. The van der Waals surface area contributed by atoms with Crippen LogP contribution in [0.2, 0.25) is 0 Å². The third-order valence-electron chi connectivity index (χ3n) is 6.16. The number of unbranched alkanes of at least 4 members (excludes halogenated alkanes) is 14. The third-order valence-corrected chi connectivity index (χ3v) is 6.16. The molecule has 0 saturated carbocycles. The predicted octanol–water partition coefficient (Wildman–Crippen LogP) is 5.30. The number of hydrogen-bond donors (Lipinski definition) is 3. The molecule has 4 atom stereocenters. The van der Waals surface area contributed by atoms with E-state index >= 15 is 0 Å². The van der Waals surface area contributed by atoms with Crippen LogP contribution in [0.4, 0.5) is 0 Å². The SMILES string of the molecule is CCCCCCCCCCC/C=C/CCCCCCCOC[C@H](O)[C@@H]1OC[C@@H](O)[C@@H]1O. The van der Waals surface area contributed by atoms with Crippen molar-refractivity contribution in [2.75, 3.05) is 19.8 Å². The van der Waals surface area contributed by atoms with Gasteiger partial charge in [0.05, 0.1) is 13.2 Å². The Labute approximate surface area is 191 Å².